The normalized spacial score (nSPS) is 14.4. The van der Waals surface area contributed by atoms with Crippen molar-refractivity contribution in [1.29, 1.82) is 0 Å². The molecule has 2 aromatic rings. The van der Waals surface area contributed by atoms with Gasteiger partial charge >= 0.3 is 0 Å². The standard InChI is InChI=1S/C22H29F2N3O2/c1-3-15-5-4-6-16(7-15)12-26-13-21(28)20(27-14(2)22(25)29)10-17-8-18(23)11-19(24)9-17/h4-9,11,14,20-21,26-28H,3,10,12-13H2,1-2H3,(H2,25,29)/t14-,20-,21+/m0/s1. The molecule has 158 valence electrons. The quantitative estimate of drug-likeness (QED) is 0.461. The molecule has 0 saturated heterocycles. The third-order valence-electron chi connectivity index (χ3n) is 4.82. The Hall–Kier alpha value is -2.35. The Labute approximate surface area is 170 Å². The number of carbonyl (C=O) groups is 1. The Balaban J connectivity index is 2.02. The maximum Gasteiger partial charge on any atom is 0.234 e. The van der Waals surface area contributed by atoms with Crippen molar-refractivity contribution >= 4 is 5.91 Å². The molecule has 7 heteroatoms. The second kappa shape index (κ2) is 11.0. The molecule has 0 fully saturated rings. The van der Waals surface area contributed by atoms with Gasteiger partial charge in [-0.25, -0.2) is 8.78 Å². The summed E-state index contributed by atoms with van der Waals surface area (Å²) in [5.41, 5.74) is 8.02. The van der Waals surface area contributed by atoms with Gasteiger partial charge in [-0.1, -0.05) is 31.2 Å². The third-order valence-corrected chi connectivity index (χ3v) is 4.82. The van der Waals surface area contributed by atoms with Crippen molar-refractivity contribution < 1.29 is 18.7 Å². The lowest BCUT2D eigenvalue weighted by atomic mass is 9.99. The predicted molar refractivity (Wildman–Crippen MR) is 109 cm³/mol. The number of carbonyl (C=O) groups excluding carboxylic acids is 1. The third kappa shape index (κ3) is 7.53. The van der Waals surface area contributed by atoms with Crippen LogP contribution < -0.4 is 16.4 Å². The average molecular weight is 405 g/mol. The van der Waals surface area contributed by atoms with Crippen molar-refractivity contribution in [3.05, 3.63) is 70.8 Å². The Kier molecular flexibility index (Phi) is 8.70. The fourth-order valence-corrected chi connectivity index (χ4v) is 3.16. The molecule has 3 atom stereocenters. The van der Waals surface area contributed by atoms with E-state index >= 15 is 0 Å². The molecule has 0 aliphatic heterocycles. The van der Waals surface area contributed by atoms with Crippen LogP contribution >= 0.6 is 0 Å². The van der Waals surface area contributed by atoms with Gasteiger partial charge in [0, 0.05) is 25.2 Å². The Morgan fingerprint density at radius 1 is 1.10 bits per heavy atom. The van der Waals surface area contributed by atoms with Crippen LogP contribution in [0.2, 0.25) is 0 Å². The molecule has 0 aromatic heterocycles. The fraction of sp³-hybridized carbons (Fsp3) is 0.409. The van der Waals surface area contributed by atoms with Gasteiger partial charge in [0.25, 0.3) is 0 Å². The molecule has 29 heavy (non-hydrogen) atoms. The van der Waals surface area contributed by atoms with Crippen molar-refractivity contribution in [3.63, 3.8) is 0 Å². The molecule has 1 amide bonds. The molecule has 2 aromatic carbocycles. The van der Waals surface area contributed by atoms with Crippen molar-refractivity contribution in [3.8, 4) is 0 Å². The van der Waals surface area contributed by atoms with Crippen molar-refractivity contribution in [2.24, 2.45) is 5.73 Å². The zero-order valence-electron chi connectivity index (χ0n) is 16.8. The minimum Gasteiger partial charge on any atom is -0.390 e. The Morgan fingerprint density at radius 2 is 1.76 bits per heavy atom. The number of rotatable bonds is 11. The van der Waals surface area contributed by atoms with Crippen LogP contribution in [0.25, 0.3) is 0 Å². The highest BCUT2D eigenvalue weighted by Gasteiger charge is 2.23. The van der Waals surface area contributed by atoms with Gasteiger partial charge in [0.05, 0.1) is 12.1 Å². The second-order valence-electron chi connectivity index (χ2n) is 7.25. The van der Waals surface area contributed by atoms with Crippen LogP contribution in [0.4, 0.5) is 8.78 Å². The number of primary amides is 1. The van der Waals surface area contributed by atoms with E-state index in [0.717, 1.165) is 18.1 Å². The Morgan fingerprint density at radius 3 is 2.38 bits per heavy atom. The van der Waals surface area contributed by atoms with E-state index < -0.39 is 35.7 Å². The fourth-order valence-electron chi connectivity index (χ4n) is 3.16. The van der Waals surface area contributed by atoms with E-state index in [1.807, 2.05) is 12.1 Å². The highest BCUT2D eigenvalue weighted by atomic mass is 19.1. The second-order valence-corrected chi connectivity index (χ2v) is 7.25. The topological polar surface area (TPSA) is 87.4 Å². The molecule has 0 heterocycles. The van der Waals surface area contributed by atoms with Crippen LogP contribution in [-0.4, -0.2) is 35.7 Å². The lowest BCUT2D eigenvalue weighted by Crippen LogP contribution is -2.52. The van der Waals surface area contributed by atoms with E-state index in [0.29, 0.717) is 12.1 Å². The van der Waals surface area contributed by atoms with E-state index in [9.17, 15) is 18.7 Å². The molecule has 0 unspecified atom stereocenters. The Bertz CT molecular complexity index is 796. The molecule has 0 bridgehead atoms. The number of nitrogens with two attached hydrogens (primary N) is 1. The maximum absolute atomic E-state index is 13.5. The van der Waals surface area contributed by atoms with Gasteiger partial charge in [0.15, 0.2) is 0 Å². The zero-order valence-corrected chi connectivity index (χ0v) is 16.8. The SMILES string of the molecule is CCc1cccc(CNC[C@@H](O)[C@H](Cc2cc(F)cc(F)c2)N[C@@H](C)C(N)=O)c1. The molecular weight excluding hydrogens is 376 g/mol. The largest absolute Gasteiger partial charge is 0.390 e. The summed E-state index contributed by atoms with van der Waals surface area (Å²) in [6.07, 6.45) is 0.176. The van der Waals surface area contributed by atoms with E-state index in [1.165, 1.54) is 17.7 Å². The number of halogens is 2. The summed E-state index contributed by atoms with van der Waals surface area (Å²) in [4.78, 5) is 11.4. The van der Waals surface area contributed by atoms with E-state index in [2.05, 4.69) is 29.7 Å². The molecule has 2 rings (SSSR count). The number of aliphatic hydroxyl groups is 1. The summed E-state index contributed by atoms with van der Waals surface area (Å²) in [5.74, 6) is -1.95. The first-order chi connectivity index (χ1) is 13.8. The number of hydrogen-bond donors (Lipinski definition) is 4. The van der Waals surface area contributed by atoms with Crippen molar-refractivity contribution in [2.45, 2.75) is 51.4 Å². The van der Waals surface area contributed by atoms with Gasteiger partial charge in [0.1, 0.15) is 11.6 Å². The van der Waals surface area contributed by atoms with E-state index in [1.54, 1.807) is 6.92 Å². The van der Waals surface area contributed by atoms with Crippen LogP contribution in [0.15, 0.2) is 42.5 Å². The molecule has 5 N–H and O–H groups in total. The smallest absolute Gasteiger partial charge is 0.234 e. The number of hydrogen-bond acceptors (Lipinski definition) is 4. The van der Waals surface area contributed by atoms with Crippen molar-refractivity contribution in [1.82, 2.24) is 10.6 Å². The van der Waals surface area contributed by atoms with Gasteiger partial charge < -0.3 is 21.5 Å². The molecule has 0 radical (unpaired) electrons. The molecule has 5 nitrogen and oxygen atoms in total. The highest BCUT2D eigenvalue weighted by Crippen LogP contribution is 2.13. The van der Waals surface area contributed by atoms with Gasteiger partial charge in [-0.15, -0.1) is 0 Å². The summed E-state index contributed by atoms with van der Waals surface area (Å²) >= 11 is 0. The van der Waals surface area contributed by atoms with E-state index in [4.69, 9.17) is 5.73 Å². The number of aliphatic hydroxyl groups excluding tert-OH is 1. The first-order valence-corrected chi connectivity index (χ1v) is 9.75. The first-order valence-electron chi connectivity index (χ1n) is 9.75. The van der Waals surface area contributed by atoms with Gasteiger partial charge in [-0.3, -0.25) is 4.79 Å². The van der Waals surface area contributed by atoms with Gasteiger partial charge in [-0.2, -0.15) is 0 Å². The van der Waals surface area contributed by atoms with E-state index in [-0.39, 0.29) is 13.0 Å². The maximum atomic E-state index is 13.5. The summed E-state index contributed by atoms with van der Waals surface area (Å²) in [6.45, 7) is 4.47. The minimum absolute atomic E-state index is 0.139. The van der Waals surface area contributed by atoms with Crippen LogP contribution in [0.5, 0.6) is 0 Å². The number of aryl methyl sites for hydroxylation is 1. The lowest BCUT2D eigenvalue weighted by molar-refractivity contribution is -0.120. The predicted octanol–water partition coefficient (Wildman–Crippen LogP) is 2.05. The van der Waals surface area contributed by atoms with Crippen molar-refractivity contribution in [2.75, 3.05) is 6.54 Å². The molecule has 0 aliphatic rings. The summed E-state index contributed by atoms with van der Waals surface area (Å²) in [5, 5.41) is 16.8. The van der Waals surface area contributed by atoms with Crippen LogP contribution in [0.3, 0.4) is 0 Å². The average Bonchev–Trinajstić information content (AvgIpc) is 2.66. The summed E-state index contributed by atoms with van der Waals surface area (Å²) in [7, 11) is 0. The van der Waals surface area contributed by atoms with Gasteiger partial charge in [0.2, 0.25) is 5.91 Å². The molecular formula is C22H29F2N3O2. The number of benzene rings is 2. The summed E-state index contributed by atoms with van der Waals surface area (Å²) < 4.78 is 27.0. The number of nitrogens with one attached hydrogen (secondary N) is 2. The van der Waals surface area contributed by atoms with Crippen LogP contribution in [-0.2, 0) is 24.2 Å². The van der Waals surface area contributed by atoms with Gasteiger partial charge in [-0.05, 0) is 48.6 Å². The number of amides is 1. The first kappa shape index (κ1) is 22.9. The van der Waals surface area contributed by atoms with Crippen LogP contribution in [0.1, 0.15) is 30.5 Å². The highest BCUT2D eigenvalue weighted by molar-refractivity contribution is 5.79. The zero-order chi connectivity index (χ0) is 21.4. The molecule has 0 spiro atoms. The molecule has 0 saturated carbocycles. The monoisotopic (exact) mass is 405 g/mol. The summed E-state index contributed by atoms with van der Waals surface area (Å²) in [6, 6.07) is 10.0. The van der Waals surface area contributed by atoms with Crippen LogP contribution in [0, 0.1) is 11.6 Å². The molecule has 0 aliphatic carbocycles. The lowest BCUT2D eigenvalue weighted by Gasteiger charge is -2.27. The minimum atomic E-state index is -0.905.